The minimum absolute atomic E-state index is 0.0812. The van der Waals surface area contributed by atoms with E-state index >= 15 is 0 Å². The molecule has 5 rings (SSSR count). The lowest BCUT2D eigenvalue weighted by Crippen LogP contribution is -2.63. The number of hydrogen-bond acceptors (Lipinski definition) is 6. The lowest BCUT2D eigenvalue weighted by Gasteiger charge is -2.63. The molecule has 4 aliphatic carbocycles. The number of hydrogen-bond donors (Lipinski definition) is 2. The number of carbonyl (C=O) groups is 3. The van der Waals surface area contributed by atoms with Crippen LogP contribution in [0.25, 0.3) is 0 Å². The van der Waals surface area contributed by atoms with Gasteiger partial charge in [-0.2, -0.15) is 0 Å². The Morgan fingerprint density at radius 1 is 1.03 bits per heavy atom. The maximum atomic E-state index is 13.6. The lowest BCUT2D eigenvalue weighted by atomic mass is 9.40. The second-order valence-corrected chi connectivity index (χ2v) is 14.9. The van der Waals surface area contributed by atoms with Crippen LogP contribution in [0.15, 0.2) is 0 Å². The molecule has 6 nitrogen and oxygen atoms in total. The Hall–Kier alpha value is -1.27. The van der Waals surface area contributed by atoms with Crippen LogP contribution < -0.4 is 0 Å². The number of rotatable bonds is 4. The number of aldehydes is 1. The second-order valence-electron chi connectivity index (χ2n) is 14.9. The van der Waals surface area contributed by atoms with Gasteiger partial charge in [0, 0.05) is 17.3 Å². The van der Waals surface area contributed by atoms with Gasteiger partial charge in [0.05, 0.1) is 11.5 Å². The summed E-state index contributed by atoms with van der Waals surface area (Å²) >= 11 is 0. The lowest BCUT2D eigenvalue weighted by molar-refractivity contribution is -0.211. The van der Waals surface area contributed by atoms with Crippen LogP contribution >= 0.6 is 0 Å². The Kier molecular flexibility index (Phi) is 5.60. The number of cyclic esters (lactones) is 1. The van der Waals surface area contributed by atoms with Crippen LogP contribution in [0.4, 0.5) is 0 Å². The van der Waals surface area contributed by atoms with Crippen molar-refractivity contribution in [2.45, 2.75) is 118 Å². The Labute approximate surface area is 215 Å². The maximum absolute atomic E-state index is 13.6. The summed E-state index contributed by atoms with van der Waals surface area (Å²) in [6.45, 7) is 13.6. The van der Waals surface area contributed by atoms with Crippen LogP contribution in [0.1, 0.15) is 99.8 Å². The quantitative estimate of drug-likeness (QED) is 0.434. The fraction of sp³-hybridized carbons (Fsp3) is 0.900. The third-order valence-corrected chi connectivity index (χ3v) is 12.7. The van der Waals surface area contributed by atoms with Gasteiger partial charge in [-0.25, -0.2) is 0 Å². The molecule has 2 N–H and O–H groups in total. The van der Waals surface area contributed by atoms with Crippen LogP contribution in [0.5, 0.6) is 0 Å². The van der Waals surface area contributed by atoms with E-state index in [-0.39, 0.29) is 34.1 Å². The molecule has 10 atom stereocenters. The topological polar surface area (TPSA) is 101 Å². The molecule has 0 aromatic rings. The molecule has 5 fully saturated rings. The summed E-state index contributed by atoms with van der Waals surface area (Å²) in [4.78, 5) is 39.6. The van der Waals surface area contributed by atoms with Gasteiger partial charge in [0.15, 0.2) is 0 Å². The molecule has 1 aliphatic heterocycles. The van der Waals surface area contributed by atoms with Gasteiger partial charge in [-0.05, 0) is 92.8 Å². The van der Waals surface area contributed by atoms with E-state index in [2.05, 4.69) is 27.7 Å². The summed E-state index contributed by atoms with van der Waals surface area (Å²) in [5.74, 6) is 0.0946. The fourth-order valence-corrected chi connectivity index (χ4v) is 10.5. The van der Waals surface area contributed by atoms with Crippen LogP contribution in [-0.2, 0) is 19.1 Å². The SMILES string of the molecule is C[C@@H]1C[C@H]([C@H](O)C(C)(C)O)OC(=O)[C@H]1[C@@]1(C)CC[C@@]23C[C@@]24CCC(=O)C(C)(C)[C@@H]4CC[C@H]3[C@]1(C)C=O. The van der Waals surface area contributed by atoms with Crippen molar-refractivity contribution in [1.29, 1.82) is 0 Å². The van der Waals surface area contributed by atoms with Crippen molar-refractivity contribution >= 4 is 18.0 Å². The molecule has 0 aromatic carbocycles. The molecule has 0 unspecified atom stereocenters. The van der Waals surface area contributed by atoms with Gasteiger partial charge in [0.1, 0.15) is 24.3 Å². The number of carbonyl (C=O) groups excluding carboxylic acids is 3. The molecule has 36 heavy (non-hydrogen) atoms. The molecule has 2 spiro atoms. The predicted molar refractivity (Wildman–Crippen MR) is 135 cm³/mol. The van der Waals surface area contributed by atoms with E-state index < -0.39 is 34.6 Å². The minimum Gasteiger partial charge on any atom is -0.459 e. The average Bonchev–Trinajstić information content (AvgIpc) is 3.46. The van der Waals surface area contributed by atoms with E-state index in [0.717, 1.165) is 44.8 Å². The molecular weight excluding hydrogens is 456 g/mol. The van der Waals surface area contributed by atoms with E-state index in [1.807, 2.05) is 6.92 Å². The van der Waals surface area contributed by atoms with E-state index in [9.17, 15) is 24.6 Å². The van der Waals surface area contributed by atoms with Crippen molar-refractivity contribution in [2.75, 3.05) is 0 Å². The number of aliphatic hydroxyl groups is 2. The van der Waals surface area contributed by atoms with Crippen molar-refractivity contribution in [3.8, 4) is 0 Å². The standard InChI is InChI=1S/C30H46O6/c1-17-14-18(23(33)26(4,5)35)36-24(34)22(17)27(6)12-13-30-15-29(30)11-10-21(32)25(2,3)19(29)8-9-20(30)28(27,7)16-31/h16-20,22-23,33,35H,8-15H2,1-7H3/t17-,18-,19+,20+,22+,23+,27-,28+,29-,30+/m1/s1. The highest BCUT2D eigenvalue weighted by Gasteiger charge is 2.82. The molecule has 202 valence electrons. The molecule has 4 saturated carbocycles. The smallest absolute Gasteiger partial charge is 0.310 e. The van der Waals surface area contributed by atoms with Gasteiger partial charge in [-0.1, -0.05) is 34.6 Å². The first-order chi connectivity index (χ1) is 16.5. The largest absolute Gasteiger partial charge is 0.459 e. The van der Waals surface area contributed by atoms with Crippen molar-refractivity contribution in [3.63, 3.8) is 0 Å². The summed E-state index contributed by atoms with van der Waals surface area (Å²) in [5, 5.41) is 20.9. The Bertz CT molecular complexity index is 980. The first kappa shape index (κ1) is 26.3. The Morgan fingerprint density at radius 2 is 1.64 bits per heavy atom. The number of aliphatic hydroxyl groups excluding tert-OH is 1. The zero-order valence-corrected chi connectivity index (χ0v) is 23.2. The van der Waals surface area contributed by atoms with Crippen molar-refractivity contribution in [2.24, 2.45) is 50.7 Å². The molecule has 0 aromatic heterocycles. The monoisotopic (exact) mass is 502 g/mol. The minimum atomic E-state index is -1.37. The van der Waals surface area contributed by atoms with Crippen molar-refractivity contribution < 1.29 is 29.3 Å². The van der Waals surface area contributed by atoms with Gasteiger partial charge < -0.3 is 19.7 Å². The number of ether oxygens (including phenoxy) is 1. The van der Waals surface area contributed by atoms with E-state index in [4.69, 9.17) is 4.74 Å². The summed E-state index contributed by atoms with van der Waals surface area (Å²) < 4.78 is 5.81. The van der Waals surface area contributed by atoms with Crippen molar-refractivity contribution in [1.82, 2.24) is 0 Å². The zero-order valence-electron chi connectivity index (χ0n) is 23.2. The summed E-state index contributed by atoms with van der Waals surface area (Å²) in [6.07, 6.45) is 6.05. The van der Waals surface area contributed by atoms with Crippen molar-refractivity contribution in [3.05, 3.63) is 0 Å². The highest BCUT2D eigenvalue weighted by Crippen LogP contribution is 2.87. The van der Waals surface area contributed by atoms with Crippen LogP contribution in [0, 0.1) is 50.7 Å². The average molecular weight is 503 g/mol. The van der Waals surface area contributed by atoms with E-state index in [0.29, 0.717) is 24.5 Å². The van der Waals surface area contributed by atoms with Crippen LogP contribution in [0.2, 0.25) is 0 Å². The molecule has 6 heteroatoms. The molecule has 0 radical (unpaired) electrons. The first-order valence-electron chi connectivity index (χ1n) is 14.1. The van der Waals surface area contributed by atoms with Gasteiger partial charge in [-0.3, -0.25) is 9.59 Å². The highest BCUT2D eigenvalue weighted by molar-refractivity contribution is 5.86. The number of ketones is 1. The van der Waals surface area contributed by atoms with Gasteiger partial charge >= 0.3 is 5.97 Å². The molecule has 1 saturated heterocycles. The number of Topliss-reactive ketones (excluding diaryl/α,β-unsaturated/α-hetero) is 1. The summed E-state index contributed by atoms with van der Waals surface area (Å²) in [6, 6.07) is 0. The second kappa shape index (κ2) is 7.65. The van der Waals surface area contributed by atoms with E-state index in [1.54, 1.807) is 0 Å². The highest BCUT2D eigenvalue weighted by atomic mass is 16.6. The Balaban J connectivity index is 1.47. The normalized spacial score (nSPS) is 50.8. The molecular formula is C30H46O6. The third kappa shape index (κ3) is 3.06. The van der Waals surface area contributed by atoms with Gasteiger partial charge in [0.25, 0.3) is 0 Å². The molecule has 0 amide bonds. The zero-order chi connectivity index (χ0) is 26.7. The molecule has 5 aliphatic rings. The van der Waals surface area contributed by atoms with Gasteiger partial charge in [-0.15, -0.1) is 0 Å². The Morgan fingerprint density at radius 3 is 2.22 bits per heavy atom. The number of esters is 1. The summed E-state index contributed by atoms with van der Waals surface area (Å²) in [7, 11) is 0. The third-order valence-electron chi connectivity index (χ3n) is 12.7. The van der Waals surface area contributed by atoms with E-state index in [1.165, 1.54) is 13.8 Å². The molecule has 1 heterocycles. The maximum Gasteiger partial charge on any atom is 0.310 e. The summed E-state index contributed by atoms with van der Waals surface area (Å²) in [5.41, 5.74) is -2.66. The molecule has 0 bridgehead atoms. The predicted octanol–water partition coefficient (Wildman–Crippen LogP) is 4.48. The first-order valence-corrected chi connectivity index (χ1v) is 14.1. The van der Waals surface area contributed by atoms with Gasteiger partial charge in [0.2, 0.25) is 0 Å². The van der Waals surface area contributed by atoms with Crippen LogP contribution in [-0.4, -0.2) is 46.1 Å². The fourth-order valence-electron chi connectivity index (χ4n) is 10.5. The van der Waals surface area contributed by atoms with Crippen LogP contribution in [0.3, 0.4) is 0 Å².